The molecular formula is C9H19NO. The number of nitrogens with two attached hydrogens (primary N) is 1. The molecule has 2 N–H and O–H groups in total. The summed E-state index contributed by atoms with van der Waals surface area (Å²) in [5, 5.41) is 0. The molecule has 1 aliphatic rings. The van der Waals surface area contributed by atoms with Crippen LogP contribution >= 0.6 is 0 Å². The average molecular weight is 157 g/mol. The Morgan fingerprint density at radius 1 is 1.45 bits per heavy atom. The fourth-order valence-electron chi connectivity index (χ4n) is 0.967. The van der Waals surface area contributed by atoms with E-state index in [0.29, 0.717) is 6.54 Å². The highest BCUT2D eigenvalue weighted by Gasteiger charge is 2.22. The molecule has 0 aromatic carbocycles. The molecule has 1 fully saturated rings. The van der Waals surface area contributed by atoms with Crippen LogP contribution in [0.3, 0.4) is 0 Å². The third-order valence-electron chi connectivity index (χ3n) is 2.21. The van der Waals surface area contributed by atoms with Gasteiger partial charge < -0.3 is 10.5 Å². The summed E-state index contributed by atoms with van der Waals surface area (Å²) in [6, 6.07) is 0. The highest BCUT2D eigenvalue weighted by Crippen LogP contribution is 2.32. The molecule has 0 spiro atoms. The molecule has 1 rings (SSSR count). The Kier molecular flexibility index (Phi) is 2.90. The summed E-state index contributed by atoms with van der Waals surface area (Å²) in [7, 11) is 0. The van der Waals surface area contributed by atoms with Gasteiger partial charge in [-0.15, -0.1) is 0 Å². The van der Waals surface area contributed by atoms with E-state index in [1.807, 2.05) is 13.8 Å². The molecule has 0 radical (unpaired) electrons. The first-order valence-electron chi connectivity index (χ1n) is 4.48. The van der Waals surface area contributed by atoms with Crippen LogP contribution in [0.1, 0.15) is 33.1 Å². The van der Waals surface area contributed by atoms with Crippen molar-refractivity contribution in [2.45, 2.75) is 38.7 Å². The van der Waals surface area contributed by atoms with Gasteiger partial charge in [0.25, 0.3) is 0 Å². The monoisotopic (exact) mass is 157 g/mol. The van der Waals surface area contributed by atoms with Crippen molar-refractivity contribution in [3.63, 3.8) is 0 Å². The van der Waals surface area contributed by atoms with Gasteiger partial charge in [-0.3, -0.25) is 0 Å². The van der Waals surface area contributed by atoms with Gasteiger partial charge >= 0.3 is 0 Å². The summed E-state index contributed by atoms with van der Waals surface area (Å²) >= 11 is 0. The maximum Gasteiger partial charge on any atom is 0.0748 e. The molecule has 0 bridgehead atoms. The minimum absolute atomic E-state index is 0.116. The van der Waals surface area contributed by atoms with Crippen molar-refractivity contribution < 1.29 is 4.74 Å². The molecule has 2 nitrogen and oxygen atoms in total. The van der Waals surface area contributed by atoms with Crippen LogP contribution in [0.4, 0.5) is 0 Å². The van der Waals surface area contributed by atoms with Crippen LogP contribution in [0.5, 0.6) is 0 Å². The van der Waals surface area contributed by atoms with Crippen molar-refractivity contribution in [1.29, 1.82) is 0 Å². The predicted octanol–water partition coefficient (Wildman–Crippen LogP) is 1.54. The van der Waals surface area contributed by atoms with E-state index in [2.05, 4.69) is 0 Å². The lowest BCUT2D eigenvalue weighted by Gasteiger charge is -2.22. The van der Waals surface area contributed by atoms with Gasteiger partial charge in [0.05, 0.1) is 5.60 Å². The maximum atomic E-state index is 5.60. The summed E-state index contributed by atoms with van der Waals surface area (Å²) in [5.41, 5.74) is 5.40. The van der Waals surface area contributed by atoms with E-state index in [-0.39, 0.29) is 5.60 Å². The highest BCUT2D eigenvalue weighted by atomic mass is 16.5. The lowest BCUT2D eigenvalue weighted by Crippen LogP contribution is -2.34. The smallest absolute Gasteiger partial charge is 0.0748 e. The summed E-state index contributed by atoms with van der Waals surface area (Å²) in [6.07, 6.45) is 4.04. The molecule has 66 valence electrons. The second-order valence-electron chi connectivity index (χ2n) is 4.04. The van der Waals surface area contributed by atoms with Crippen molar-refractivity contribution >= 4 is 0 Å². The van der Waals surface area contributed by atoms with Crippen LogP contribution < -0.4 is 5.73 Å². The van der Waals surface area contributed by atoms with Crippen molar-refractivity contribution in [1.82, 2.24) is 0 Å². The molecule has 0 aromatic heterocycles. The van der Waals surface area contributed by atoms with E-state index < -0.39 is 0 Å². The third-order valence-corrected chi connectivity index (χ3v) is 2.21. The van der Waals surface area contributed by atoms with E-state index in [9.17, 15) is 0 Å². The number of hydrogen-bond acceptors (Lipinski definition) is 2. The predicted molar refractivity (Wildman–Crippen MR) is 46.4 cm³/mol. The Hall–Kier alpha value is -0.0800. The Morgan fingerprint density at radius 2 is 2.09 bits per heavy atom. The fourth-order valence-corrected chi connectivity index (χ4v) is 0.967. The minimum atomic E-state index is -0.116. The lowest BCUT2D eigenvalue weighted by molar-refractivity contribution is -0.0131. The van der Waals surface area contributed by atoms with Crippen LogP contribution in [0.15, 0.2) is 0 Å². The molecule has 0 aromatic rings. The van der Waals surface area contributed by atoms with Gasteiger partial charge in [-0.1, -0.05) is 12.8 Å². The Labute approximate surface area is 69.1 Å². The molecular weight excluding hydrogens is 138 g/mol. The topological polar surface area (TPSA) is 35.2 Å². The van der Waals surface area contributed by atoms with Crippen LogP contribution in [0.2, 0.25) is 0 Å². The van der Waals surface area contributed by atoms with Crippen LogP contribution in [-0.2, 0) is 4.74 Å². The van der Waals surface area contributed by atoms with E-state index in [1.165, 1.54) is 19.3 Å². The second kappa shape index (κ2) is 3.55. The first kappa shape index (κ1) is 9.01. The molecule has 0 aliphatic heterocycles. The zero-order valence-corrected chi connectivity index (χ0v) is 7.60. The van der Waals surface area contributed by atoms with E-state index in [0.717, 1.165) is 12.5 Å². The highest BCUT2D eigenvalue weighted by molar-refractivity contribution is 4.74. The van der Waals surface area contributed by atoms with Gasteiger partial charge in [0.2, 0.25) is 0 Å². The summed E-state index contributed by atoms with van der Waals surface area (Å²) in [5.74, 6) is 0.962. The number of ether oxygens (including phenoxy) is 1. The Morgan fingerprint density at radius 3 is 2.55 bits per heavy atom. The standard InChI is InChI=1S/C9H19NO/c1-9(2,7-10)11-6-5-8-3-4-8/h8H,3-7,10H2,1-2H3. The van der Waals surface area contributed by atoms with Gasteiger partial charge in [-0.25, -0.2) is 0 Å². The molecule has 2 heteroatoms. The Bertz CT molecular complexity index is 119. The molecule has 0 heterocycles. The quantitative estimate of drug-likeness (QED) is 0.657. The summed E-state index contributed by atoms with van der Waals surface area (Å²) in [4.78, 5) is 0. The first-order chi connectivity index (χ1) is 5.14. The van der Waals surface area contributed by atoms with Crippen LogP contribution in [0.25, 0.3) is 0 Å². The molecule has 0 amide bonds. The maximum absolute atomic E-state index is 5.60. The van der Waals surface area contributed by atoms with Gasteiger partial charge in [0, 0.05) is 13.2 Å². The van der Waals surface area contributed by atoms with E-state index >= 15 is 0 Å². The van der Waals surface area contributed by atoms with Crippen molar-refractivity contribution in [3.8, 4) is 0 Å². The molecule has 11 heavy (non-hydrogen) atoms. The van der Waals surface area contributed by atoms with Crippen molar-refractivity contribution in [2.75, 3.05) is 13.2 Å². The molecule has 0 atom stereocenters. The van der Waals surface area contributed by atoms with Crippen molar-refractivity contribution in [3.05, 3.63) is 0 Å². The van der Waals surface area contributed by atoms with Gasteiger partial charge in [0.1, 0.15) is 0 Å². The summed E-state index contributed by atoms with van der Waals surface area (Å²) < 4.78 is 5.60. The molecule has 0 unspecified atom stereocenters. The number of hydrogen-bond donors (Lipinski definition) is 1. The zero-order chi connectivity index (χ0) is 8.32. The lowest BCUT2D eigenvalue weighted by atomic mass is 10.1. The minimum Gasteiger partial charge on any atom is -0.374 e. The van der Waals surface area contributed by atoms with E-state index in [4.69, 9.17) is 10.5 Å². The normalized spacial score (nSPS) is 18.8. The van der Waals surface area contributed by atoms with Gasteiger partial charge in [0.15, 0.2) is 0 Å². The third kappa shape index (κ3) is 3.73. The molecule has 1 aliphatic carbocycles. The average Bonchev–Trinajstić information content (AvgIpc) is 2.71. The molecule has 0 saturated heterocycles. The van der Waals surface area contributed by atoms with Gasteiger partial charge in [-0.2, -0.15) is 0 Å². The molecule has 1 saturated carbocycles. The summed E-state index contributed by atoms with van der Waals surface area (Å²) in [6.45, 7) is 5.58. The fraction of sp³-hybridized carbons (Fsp3) is 1.00. The largest absolute Gasteiger partial charge is 0.374 e. The SMILES string of the molecule is CC(C)(CN)OCCC1CC1. The van der Waals surface area contributed by atoms with E-state index in [1.54, 1.807) is 0 Å². The Balaban J connectivity index is 1.99. The van der Waals surface area contributed by atoms with Crippen LogP contribution in [0, 0.1) is 5.92 Å². The first-order valence-corrected chi connectivity index (χ1v) is 4.48. The van der Waals surface area contributed by atoms with Gasteiger partial charge in [-0.05, 0) is 26.2 Å². The number of rotatable bonds is 5. The zero-order valence-electron chi connectivity index (χ0n) is 7.60. The second-order valence-corrected chi connectivity index (χ2v) is 4.04. The van der Waals surface area contributed by atoms with Crippen molar-refractivity contribution in [2.24, 2.45) is 11.7 Å². The van der Waals surface area contributed by atoms with Crippen LogP contribution in [-0.4, -0.2) is 18.8 Å².